The van der Waals surface area contributed by atoms with E-state index in [0.717, 1.165) is 64.2 Å². The molecule has 1 N–H and O–H groups in total. The topological polar surface area (TPSA) is 35.9 Å². The van der Waals surface area contributed by atoms with Gasteiger partial charge in [-0.2, -0.15) is 0 Å². The molecule has 0 fully saturated rings. The van der Waals surface area contributed by atoms with Crippen LogP contribution in [0.5, 0.6) is 5.75 Å². The number of phenolic OH excluding ortho intramolecular Hbond substituents is 1. The van der Waals surface area contributed by atoms with Crippen LogP contribution in [0.4, 0.5) is 0 Å². The number of fused-ring (bicyclic) bond motifs is 1. The summed E-state index contributed by atoms with van der Waals surface area (Å²) in [6.45, 7) is 12.0. The summed E-state index contributed by atoms with van der Waals surface area (Å²) in [6.07, 6.45) is 11.2. The Balaban J connectivity index is 1.47. The fourth-order valence-corrected chi connectivity index (χ4v) is 5.97. The molecule has 0 bridgehead atoms. The van der Waals surface area contributed by atoms with E-state index >= 15 is 0 Å². The molecule has 194 valence electrons. The average molecular weight is 489 g/mol. The number of methoxy groups -OCH3 is 1. The molecule has 0 heterocycles. The van der Waals surface area contributed by atoms with Crippen LogP contribution >= 0.6 is 0 Å². The van der Waals surface area contributed by atoms with E-state index in [-0.39, 0.29) is 0 Å². The fourth-order valence-electron chi connectivity index (χ4n) is 5.97. The summed E-state index contributed by atoms with van der Waals surface area (Å²) in [4.78, 5) is 5.08. The number of likely N-dealkylation sites (N-methyl/N-ethyl adjacent to an activating group) is 2. The Hall–Kier alpha value is -2.56. The number of hydrogen-bond donors (Lipinski definition) is 1. The number of aromatic hydroxyl groups is 1. The van der Waals surface area contributed by atoms with Gasteiger partial charge in [0.15, 0.2) is 0 Å². The molecule has 4 nitrogen and oxygen atoms in total. The van der Waals surface area contributed by atoms with Gasteiger partial charge in [-0.05, 0) is 104 Å². The summed E-state index contributed by atoms with van der Waals surface area (Å²) in [5.41, 5.74) is 5.49. The van der Waals surface area contributed by atoms with E-state index in [2.05, 4.69) is 79.1 Å². The second-order valence-corrected chi connectivity index (χ2v) is 10.3. The summed E-state index contributed by atoms with van der Waals surface area (Å²) >= 11 is 0. The van der Waals surface area contributed by atoms with Crippen LogP contribution in [0.25, 0.3) is 0 Å². The lowest BCUT2D eigenvalue weighted by atomic mass is 9.72. The largest absolute Gasteiger partial charge is 0.508 e. The summed E-state index contributed by atoms with van der Waals surface area (Å²) in [5, 5.41) is 9.90. The Kier molecular flexibility index (Phi) is 9.28. The molecule has 0 aromatic heterocycles. The van der Waals surface area contributed by atoms with E-state index in [1.165, 1.54) is 22.3 Å². The van der Waals surface area contributed by atoms with Gasteiger partial charge in [-0.25, -0.2) is 0 Å². The molecule has 2 aromatic rings. The molecule has 0 saturated carbocycles. The number of aryl methyl sites for hydroxylation is 1. The van der Waals surface area contributed by atoms with Crippen molar-refractivity contribution in [1.29, 1.82) is 0 Å². The molecule has 0 amide bonds. The Morgan fingerprint density at radius 1 is 0.944 bits per heavy atom. The first-order valence-corrected chi connectivity index (χ1v) is 13.8. The maximum absolute atomic E-state index is 9.90. The Morgan fingerprint density at radius 2 is 1.69 bits per heavy atom. The molecule has 0 saturated heterocycles. The number of nitrogens with zero attached hydrogens (tertiary/aromatic N) is 2. The second kappa shape index (κ2) is 12.6. The standard InChI is InChI=1S/C32H44N2O2/c1-5-33(6-2)19-18-24-8-10-25(11-9-24)23-34(7-3)32-22-30(36-4)16-17-31(32)28-13-12-27-21-29(35)15-14-26(27)20-28/h8-11,14-17,21-22,28,31-32,35H,5-7,12-13,18-20,23H2,1-4H3/t28-,31?,32?/m1/s1. The highest BCUT2D eigenvalue weighted by molar-refractivity contribution is 5.37. The van der Waals surface area contributed by atoms with Crippen molar-refractivity contribution in [1.82, 2.24) is 9.80 Å². The number of rotatable bonds is 11. The van der Waals surface area contributed by atoms with Crippen molar-refractivity contribution in [3.05, 3.63) is 88.7 Å². The van der Waals surface area contributed by atoms with Gasteiger partial charge in [0.2, 0.25) is 0 Å². The van der Waals surface area contributed by atoms with Crippen LogP contribution in [0.3, 0.4) is 0 Å². The van der Waals surface area contributed by atoms with Crippen LogP contribution in [0.15, 0.2) is 66.5 Å². The van der Waals surface area contributed by atoms with Crippen molar-refractivity contribution < 1.29 is 9.84 Å². The van der Waals surface area contributed by atoms with E-state index in [0.29, 0.717) is 23.6 Å². The summed E-state index contributed by atoms with van der Waals surface area (Å²) in [7, 11) is 1.77. The predicted molar refractivity (Wildman–Crippen MR) is 149 cm³/mol. The zero-order chi connectivity index (χ0) is 25.5. The first-order valence-electron chi connectivity index (χ1n) is 13.8. The van der Waals surface area contributed by atoms with Crippen LogP contribution in [-0.2, 0) is 30.5 Å². The van der Waals surface area contributed by atoms with Crippen molar-refractivity contribution in [2.45, 2.75) is 59.0 Å². The fraction of sp³-hybridized carbons (Fsp3) is 0.500. The number of allylic oxidation sites excluding steroid dienone is 1. The van der Waals surface area contributed by atoms with Crippen LogP contribution < -0.4 is 0 Å². The lowest BCUT2D eigenvalue weighted by Gasteiger charge is -2.41. The zero-order valence-corrected chi connectivity index (χ0v) is 22.6. The van der Waals surface area contributed by atoms with Crippen LogP contribution in [0, 0.1) is 11.8 Å². The van der Waals surface area contributed by atoms with Gasteiger partial charge in [-0.1, -0.05) is 57.2 Å². The van der Waals surface area contributed by atoms with Crippen LogP contribution in [0.1, 0.15) is 49.4 Å². The third kappa shape index (κ3) is 6.41. The van der Waals surface area contributed by atoms with Gasteiger partial charge in [-0.15, -0.1) is 0 Å². The average Bonchev–Trinajstić information content (AvgIpc) is 2.92. The van der Waals surface area contributed by atoms with E-state index in [1.807, 2.05) is 12.1 Å². The van der Waals surface area contributed by atoms with Crippen molar-refractivity contribution in [3.8, 4) is 5.75 Å². The van der Waals surface area contributed by atoms with E-state index in [1.54, 1.807) is 7.11 Å². The molecular weight excluding hydrogens is 444 g/mol. The minimum absolute atomic E-state index is 0.306. The number of ether oxygens (including phenoxy) is 1. The van der Waals surface area contributed by atoms with Crippen molar-refractivity contribution >= 4 is 0 Å². The second-order valence-electron chi connectivity index (χ2n) is 10.3. The third-order valence-electron chi connectivity index (χ3n) is 8.30. The molecule has 0 spiro atoms. The zero-order valence-electron chi connectivity index (χ0n) is 22.6. The van der Waals surface area contributed by atoms with Gasteiger partial charge in [0.05, 0.1) is 7.11 Å². The number of phenols is 1. The molecule has 0 radical (unpaired) electrons. The van der Waals surface area contributed by atoms with Crippen molar-refractivity contribution in [3.63, 3.8) is 0 Å². The van der Waals surface area contributed by atoms with Crippen LogP contribution in [0.2, 0.25) is 0 Å². The minimum atomic E-state index is 0.306. The van der Waals surface area contributed by atoms with Crippen LogP contribution in [-0.4, -0.2) is 54.2 Å². The normalized spacial score (nSPS) is 21.5. The first-order chi connectivity index (χ1) is 17.5. The monoisotopic (exact) mass is 488 g/mol. The smallest absolute Gasteiger partial charge is 0.116 e. The highest BCUT2D eigenvalue weighted by Gasteiger charge is 2.34. The third-order valence-corrected chi connectivity index (χ3v) is 8.30. The van der Waals surface area contributed by atoms with Gasteiger partial charge in [0.25, 0.3) is 0 Å². The summed E-state index contributed by atoms with van der Waals surface area (Å²) < 4.78 is 5.67. The Morgan fingerprint density at radius 3 is 2.39 bits per heavy atom. The highest BCUT2D eigenvalue weighted by Crippen LogP contribution is 2.38. The number of hydrogen-bond acceptors (Lipinski definition) is 4. The molecule has 2 aliphatic carbocycles. The molecule has 2 unspecified atom stereocenters. The first kappa shape index (κ1) is 26.5. The van der Waals surface area contributed by atoms with E-state index in [4.69, 9.17) is 4.74 Å². The molecule has 0 aliphatic heterocycles. The van der Waals surface area contributed by atoms with Gasteiger partial charge in [0.1, 0.15) is 11.5 Å². The molecule has 4 rings (SSSR count). The predicted octanol–water partition coefficient (Wildman–Crippen LogP) is 5.99. The minimum Gasteiger partial charge on any atom is -0.508 e. The SMILES string of the molecule is CCN(CC)CCc1ccc(CN(CC)C2C=C(OC)C=CC2[C@@H]2CCc3cc(O)ccc3C2)cc1. The van der Waals surface area contributed by atoms with Crippen molar-refractivity contribution in [2.75, 3.05) is 33.3 Å². The molecule has 36 heavy (non-hydrogen) atoms. The molecular formula is C32H44N2O2. The van der Waals surface area contributed by atoms with Gasteiger partial charge in [0, 0.05) is 19.1 Å². The van der Waals surface area contributed by atoms with Gasteiger partial charge in [-0.3, -0.25) is 4.90 Å². The summed E-state index contributed by atoms with van der Waals surface area (Å²) in [6, 6.07) is 15.5. The number of benzene rings is 2. The van der Waals surface area contributed by atoms with Gasteiger partial charge < -0.3 is 14.7 Å². The molecule has 2 aromatic carbocycles. The lowest BCUT2D eigenvalue weighted by molar-refractivity contribution is 0.147. The van der Waals surface area contributed by atoms with E-state index < -0.39 is 0 Å². The van der Waals surface area contributed by atoms with E-state index in [9.17, 15) is 5.11 Å². The highest BCUT2D eigenvalue weighted by atomic mass is 16.5. The Bertz CT molecular complexity index is 1040. The maximum atomic E-state index is 9.90. The van der Waals surface area contributed by atoms with Gasteiger partial charge >= 0.3 is 0 Å². The summed E-state index contributed by atoms with van der Waals surface area (Å²) in [5.74, 6) is 2.36. The van der Waals surface area contributed by atoms with Crippen molar-refractivity contribution in [2.24, 2.45) is 11.8 Å². The Labute approximate surface area is 218 Å². The molecule has 3 atom stereocenters. The quantitative estimate of drug-likeness (QED) is 0.422. The maximum Gasteiger partial charge on any atom is 0.116 e. The molecule has 2 aliphatic rings. The molecule has 4 heteroatoms. The lowest BCUT2D eigenvalue weighted by Crippen LogP contribution is -2.43.